The summed E-state index contributed by atoms with van der Waals surface area (Å²) in [5, 5.41) is 9.82. The van der Waals surface area contributed by atoms with E-state index in [1.807, 2.05) is 6.92 Å². The van der Waals surface area contributed by atoms with Crippen LogP contribution in [0.15, 0.2) is 53.8 Å². The van der Waals surface area contributed by atoms with E-state index < -0.39 is 6.29 Å². The summed E-state index contributed by atoms with van der Waals surface area (Å²) >= 11 is 0. The van der Waals surface area contributed by atoms with Gasteiger partial charge in [-0.2, -0.15) is 0 Å². The second-order valence-corrected chi connectivity index (χ2v) is 9.62. The number of allylic oxidation sites excluding steroid dienone is 3. The van der Waals surface area contributed by atoms with E-state index in [2.05, 4.69) is 65.4 Å². The van der Waals surface area contributed by atoms with Crippen molar-refractivity contribution in [3.8, 4) is 5.75 Å². The molecule has 1 fully saturated rings. The van der Waals surface area contributed by atoms with Crippen LogP contribution in [0, 0.1) is 0 Å². The van der Waals surface area contributed by atoms with Gasteiger partial charge in [-0.05, 0) is 75.8 Å². The van der Waals surface area contributed by atoms with Gasteiger partial charge in [-0.25, -0.2) is 0 Å². The number of aliphatic hydroxyl groups excluding tert-OH is 1. The summed E-state index contributed by atoms with van der Waals surface area (Å²) in [5.74, 6) is 0.923. The molecule has 0 radical (unpaired) electrons. The molecule has 33 heavy (non-hydrogen) atoms. The van der Waals surface area contributed by atoms with E-state index in [1.165, 1.54) is 31.4 Å². The van der Waals surface area contributed by atoms with Crippen molar-refractivity contribution >= 4 is 6.08 Å². The zero-order chi connectivity index (χ0) is 23.0. The number of aliphatic hydroxyl groups is 1. The molecule has 0 amide bonds. The highest BCUT2D eigenvalue weighted by atomic mass is 16.6. The molecule has 2 heterocycles. The van der Waals surface area contributed by atoms with Crippen LogP contribution in [0.4, 0.5) is 0 Å². The second kappa shape index (κ2) is 11.9. The maximum atomic E-state index is 9.82. The third kappa shape index (κ3) is 6.95. The van der Waals surface area contributed by atoms with Crippen molar-refractivity contribution in [2.75, 3.05) is 33.3 Å². The Morgan fingerprint density at radius 1 is 1.21 bits per heavy atom. The molecule has 1 saturated heterocycles. The van der Waals surface area contributed by atoms with Gasteiger partial charge in [0.25, 0.3) is 0 Å². The Morgan fingerprint density at radius 2 is 2.06 bits per heavy atom. The van der Waals surface area contributed by atoms with E-state index in [0.717, 1.165) is 38.1 Å². The second-order valence-electron chi connectivity index (χ2n) is 9.62. The SMILES string of the molecule is CC1CC(N(C)CCCOc2ccc(/C=C\CCN3CCC4=C3CCC=C4)cc2)CC(O)O1. The van der Waals surface area contributed by atoms with Crippen molar-refractivity contribution < 1.29 is 14.6 Å². The molecule has 1 N–H and O–H groups in total. The van der Waals surface area contributed by atoms with Crippen LogP contribution in [0.5, 0.6) is 5.75 Å². The van der Waals surface area contributed by atoms with Gasteiger partial charge in [-0.3, -0.25) is 0 Å². The Labute approximate surface area is 199 Å². The van der Waals surface area contributed by atoms with E-state index in [0.29, 0.717) is 19.1 Å². The number of hydrogen-bond acceptors (Lipinski definition) is 5. The number of rotatable bonds is 10. The summed E-state index contributed by atoms with van der Waals surface area (Å²) in [5.41, 5.74) is 4.36. The minimum atomic E-state index is -0.634. The molecule has 3 unspecified atom stereocenters. The van der Waals surface area contributed by atoms with Crippen LogP contribution >= 0.6 is 0 Å². The maximum absolute atomic E-state index is 9.82. The predicted octanol–water partition coefficient (Wildman–Crippen LogP) is 4.99. The Balaban J connectivity index is 1.12. The molecule has 1 aromatic carbocycles. The zero-order valence-electron chi connectivity index (χ0n) is 20.3. The summed E-state index contributed by atoms with van der Waals surface area (Å²) < 4.78 is 11.4. The van der Waals surface area contributed by atoms with Crippen molar-refractivity contribution in [1.82, 2.24) is 9.80 Å². The van der Waals surface area contributed by atoms with Crippen molar-refractivity contribution in [2.45, 2.75) is 70.3 Å². The van der Waals surface area contributed by atoms with Crippen molar-refractivity contribution in [1.29, 1.82) is 0 Å². The molecule has 2 aliphatic heterocycles. The molecule has 1 aromatic rings. The highest BCUT2D eigenvalue weighted by Crippen LogP contribution is 2.31. The van der Waals surface area contributed by atoms with Gasteiger partial charge in [-0.15, -0.1) is 0 Å². The van der Waals surface area contributed by atoms with Gasteiger partial charge in [0.15, 0.2) is 6.29 Å². The van der Waals surface area contributed by atoms with Crippen molar-refractivity contribution in [3.63, 3.8) is 0 Å². The molecule has 0 spiro atoms. The van der Waals surface area contributed by atoms with E-state index in [9.17, 15) is 5.11 Å². The Morgan fingerprint density at radius 3 is 2.88 bits per heavy atom. The lowest BCUT2D eigenvalue weighted by atomic mass is 10.0. The molecule has 0 aromatic heterocycles. The van der Waals surface area contributed by atoms with Crippen molar-refractivity contribution in [2.24, 2.45) is 0 Å². The van der Waals surface area contributed by atoms with Gasteiger partial charge in [0, 0.05) is 37.8 Å². The Kier molecular flexibility index (Phi) is 8.65. The van der Waals surface area contributed by atoms with E-state index in [1.54, 1.807) is 11.3 Å². The minimum Gasteiger partial charge on any atom is -0.494 e. The molecule has 5 nitrogen and oxygen atoms in total. The van der Waals surface area contributed by atoms with Gasteiger partial charge >= 0.3 is 0 Å². The lowest BCUT2D eigenvalue weighted by Gasteiger charge is -2.36. The standard InChI is InChI=1S/C28H40N2O3/c1-22-20-25(21-28(31)33-22)29(2)16-7-19-32-26-13-11-23(12-14-26)8-5-6-17-30-18-15-24-9-3-4-10-27(24)30/h3,5,8-9,11-14,22,25,28,31H,4,6-7,10,15-21H2,1-2H3/b8-5-. The van der Waals surface area contributed by atoms with Gasteiger partial charge < -0.3 is 24.4 Å². The molecule has 5 heteroatoms. The summed E-state index contributed by atoms with van der Waals surface area (Å²) in [7, 11) is 2.13. The number of ether oxygens (including phenoxy) is 2. The molecule has 0 saturated carbocycles. The third-order valence-corrected chi connectivity index (χ3v) is 7.04. The van der Waals surface area contributed by atoms with E-state index in [-0.39, 0.29) is 6.10 Å². The van der Waals surface area contributed by atoms with Crippen molar-refractivity contribution in [3.05, 3.63) is 59.3 Å². The minimum absolute atomic E-state index is 0.116. The molecule has 4 rings (SSSR count). The van der Waals surface area contributed by atoms with Crippen LogP contribution in [0.2, 0.25) is 0 Å². The van der Waals surface area contributed by atoms with Crippen LogP contribution in [-0.4, -0.2) is 66.6 Å². The fourth-order valence-corrected chi connectivity index (χ4v) is 5.19. The quantitative estimate of drug-likeness (QED) is 0.507. The fraction of sp³-hybridized carbons (Fsp3) is 0.571. The van der Waals surface area contributed by atoms with Crippen LogP contribution < -0.4 is 4.74 Å². The first-order valence-electron chi connectivity index (χ1n) is 12.6. The summed E-state index contributed by atoms with van der Waals surface area (Å²) in [6.07, 6.45) is 15.9. The highest BCUT2D eigenvalue weighted by Gasteiger charge is 2.28. The van der Waals surface area contributed by atoms with Crippen LogP contribution in [-0.2, 0) is 4.74 Å². The summed E-state index contributed by atoms with van der Waals surface area (Å²) in [4.78, 5) is 4.90. The average molecular weight is 453 g/mol. The first-order chi connectivity index (χ1) is 16.1. The highest BCUT2D eigenvalue weighted by molar-refractivity contribution is 5.50. The average Bonchev–Trinajstić information content (AvgIpc) is 3.23. The maximum Gasteiger partial charge on any atom is 0.156 e. The van der Waals surface area contributed by atoms with Crippen LogP contribution in [0.1, 0.15) is 57.4 Å². The molecule has 180 valence electrons. The Bertz CT molecular complexity index is 835. The molecule has 0 bridgehead atoms. The van der Waals surface area contributed by atoms with Gasteiger partial charge in [0.05, 0.1) is 12.7 Å². The first kappa shape index (κ1) is 24.1. The van der Waals surface area contributed by atoms with E-state index >= 15 is 0 Å². The molecule has 3 atom stereocenters. The summed E-state index contributed by atoms with van der Waals surface area (Å²) in [6, 6.07) is 8.76. The number of benzene rings is 1. The Hall–Kier alpha value is -2.08. The third-order valence-electron chi connectivity index (χ3n) is 7.04. The largest absolute Gasteiger partial charge is 0.494 e. The predicted molar refractivity (Wildman–Crippen MR) is 134 cm³/mol. The number of nitrogens with zero attached hydrogens (tertiary/aromatic N) is 2. The molecule has 1 aliphatic carbocycles. The molecular weight excluding hydrogens is 412 g/mol. The first-order valence-corrected chi connectivity index (χ1v) is 12.6. The normalized spacial score (nSPS) is 25.3. The van der Waals surface area contributed by atoms with Gasteiger partial charge in [0.1, 0.15) is 5.75 Å². The molecule has 3 aliphatic rings. The van der Waals surface area contributed by atoms with Gasteiger partial charge in [0.2, 0.25) is 0 Å². The monoisotopic (exact) mass is 452 g/mol. The lowest BCUT2D eigenvalue weighted by Crippen LogP contribution is -2.43. The van der Waals surface area contributed by atoms with E-state index in [4.69, 9.17) is 9.47 Å². The smallest absolute Gasteiger partial charge is 0.156 e. The lowest BCUT2D eigenvalue weighted by molar-refractivity contribution is -0.173. The zero-order valence-corrected chi connectivity index (χ0v) is 20.3. The summed E-state index contributed by atoms with van der Waals surface area (Å²) in [6.45, 7) is 5.98. The number of hydrogen-bond donors (Lipinski definition) is 1. The molecular formula is C28H40N2O3. The van der Waals surface area contributed by atoms with Crippen LogP contribution in [0.3, 0.4) is 0 Å². The topological polar surface area (TPSA) is 45.2 Å². The van der Waals surface area contributed by atoms with Gasteiger partial charge in [-0.1, -0.05) is 36.4 Å². The van der Waals surface area contributed by atoms with Crippen LogP contribution in [0.25, 0.3) is 6.08 Å². The fourth-order valence-electron chi connectivity index (χ4n) is 5.19.